The second-order valence-electron chi connectivity index (χ2n) is 11.6. The molecule has 16 heteroatoms. The SMILES string of the molecule is CC[C@H](NC(=O)OC)C(=O)N1CCN(n2c(C(C)N(C(=O)Nc3ccc(F)cc3)c3ccc(OC)cc3OC)nc3ccc(Cl)cc3c2=O)CC1. The number of aromatic nitrogens is 2. The summed E-state index contributed by atoms with van der Waals surface area (Å²) < 4.78 is 30.9. The smallest absolute Gasteiger partial charge is 0.407 e. The van der Waals surface area contributed by atoms with Crippen LogP contribution in [0.15, 0.2) is 65.5 Å². The van der Waals surface area contributed by atoms with Crippen LogP contribution in [0.3, 0.4) is 0 Å². The molecule has 4 amide bonds. The van der Waals surface area contributed by atoms with E-state index in [1.54, 1.807) is 54.1 Å². The predicted octanol–water partition coefficient (Wildman–Crippen LogP) is 4.92. The van der Waals surface area contributed by atoms with Crippen LogP contribution in [0.5, 0.6) is 11.5 Å². The lowest BCUT2D eigenvalue weighted by atomic mass is 10.1. The molecular formula is C35H39ClFN7O7. The first-order chi connectivity index (χ1) is 24.5. The summed E-state index contributed by atoms with van der Waals surface area (Å²) in [5.41, 5.74) is 0.596. The highest BCUT2D eigenvalue weighted by molar-refractivity contribution is 6.31. The van der Waals surface area contributed by atoms with Crippen molar-refractivity contribution in [3.05, 3.63) is 87.7 Å². The summed E-state index contributed by atoms with van der Waals surface area (Å²) >= 11 is 6.31. The monoisotopic (exact) mass is 723 g/mol. The van der Waals surface area contributed by atoms with Crippen LogP contribution in [0.1, 0.15) is 32.1 Å². The minimum atomic E-state index is -0.922. The number of ether oxygens (including phenoxy) is 3. The second kappa shape index (κ2) is 16.0. The third-order valence-corrected chi connectivity index (χ3v) is 8.82. The number of amides is 4. The standard InChI is InChI=1S/C35H39ClFN7O7/c1-6-27(40-35(48)51-5)33(46)41-15-17-42(18-16-41)44-31(39-28-13-7-22(36)19-26(28)32(44)45)21(2)43(29-14-12-25(49-3)20-30(29)50-4)34(47)38-24-10-8-23(37)9-11-24/h7-14,19-21,27H,6,15-18H2,1-5H3,(H,38,47)(H,40,48)/t21?,27-/m0/s1. The number of anilines is 2. The van der Waals surface area contributed by atoms with Crippen molar-refractivity contribution < 1.29 is 33.0 Å². The van der Waals surface area contributed by atoms with Gasteiger partial charge in [0.1, 0.15) is 23.4 Å². The van der Waals surface area contributed by atoms with Crippen molar-refractivity contribution in [1.82, 2.24) is 19.9 Å². The van der Waals surface area contributed by atoms with E-state index in [1.165, 1.54) is 61.2 Å². The van der Waals surface area contributed by atoms with Gasteiger partial charge in [0.25, 0.3) is 5.56 Å². The average molecular weight is 724 g/mol. The normalized spacial score (nSPS) is 14.0. The molecule has 3 aromatic carbocycles. The molecule has 1 saturated heterocycles. The lowest BCUT2D eigenvalue weighted by Gasteiger charge is -2.40. The van der Waals surface area contributed by atoms with Crippen molar-refractivity contribution in [3.8, 4) is 11.5 Å². The van der Waals surface area contributed by atoms with Gasteiger partial charge in [0.15, 0.2) is 5.82 Å². The van der Waals surface area contributed by atoms with E-state index in [-0.39, 0.29) is 43.3 Å². The number of hydrogen-bond acceptors (Lipinski definition) is 9. The van der Waals surface area contributed by atoms with Crippen LogP contribution < -0.4 is 35.6 Å². The fourth-order valence-electron chi connectivity index (χ4n) is 5.90. The van der Waals surface area contributed by atoms with E-state index in [4.69, 9.17) is 26.1 Å². The molecule has 14 nitrogen and oxygen atoms in total. The molecule has 1 unspecified atom stereocenters. The molecule has 270 valence electrons. The number of rotatable bonds is 10. The number of hydrogen-bond donors (Lipinski definition) is 2. The van der Waals surface area contributed by atoms with E-state index in [1.807, 2.05) is 0 Å². The Morgan fingerprint density at radius 1 is 0.980 bits per heavy atom. The molecule has 1 aromatic heterocycles. The van der Waals surface area contributed by atoms with Crippen molar-refractivity contribution in [1.29, 1.82) is 0 Å². The number of urea groups is 1. The fourth-order valence-corrected chi connectivity index (χ4v) is 6.07. The van der Waals surface area contributed by atoms with Crippen LogP contribution in [0.2, 0.25) is 5.02 Å². The third-order valence-electron chi connectivity index (χ3n) is 8.59. The molecule has 0 aliphatic carbocycles. The lowest BCUT2D eigenvalue weighted by molar-refractivity contribution is -0.133. The summed E-state index contributed by atoms with van der Waals surface area (Å²) in [6.45, 7) is 4.41. The quantitative estimate of drug-likeness (QED) is 0.233. The molecule has 51 heavy (non-hydrogen) atoms. The van der Waals surface area contributed by atoms with Crippen LogP contribution in [0, 0.1) is 5.82 Å². The number of piperazine rings is 1. The Labute approximate surface area is 298 Å². The van der Waals surface area contributed by atoms with Crippen LogP contribution in [-0.2, 0) is 9.53 Å². The van der Waals surface area contributed by atoms with Gasteiger partial charge in [0.05, 0.1) is 57.1 Å². The van der Waals surface area contributed by atoms with Crippen LogP contribution in [0.4, 0.5) is 25.4 Å². The van der Waals surface area contributed by atoms with Gasteiger partial charge < -0.3 is 34.8 Å². The van der Waals surface area contributed by atoms with Crippen molar-refractivity contribution in [2.75, 3.05) is 62.7 Å². The summed E-state index contributed by atoms with van der Waals surface area (Å²) in [4.78, 5) is 61.7. The lowest BCUT2D eigenvalue weighted by Crippen LogP contribution is -2.59. The number of halogens is 2. The number of nitrogens with one attached hydrogen (secondary N) is 2. The van der Waals surface area contributed by atoms with E-state index in [0.29, 0.717) is 39.8 Å². The summed E-state index contributed by atoms with van der Waals surface area (Å²) in [5.74, 6) is 0.253. The number of carbonyl (C=O) groups is 3. The van der Waals surface area contributed by atoms with Gasteiger partial charge in [-0.05, 0) is 67.9 Å². The van der Waals surface area contributed by atoms with Crippen LogP contribution in [0.25, 0.3) is 10.9 Å². The Balaban J connectivity index is 1.58. The topological polar surface area (TPSA) is 148 Å². The van der Waals surface area contributed by atoms with Gasteiger partial charge in [-0.1, -0.05) is 18.5 Å². The Morgan fingerprint density at radius 3 is 2.31 bits per heavy atom. The summed E-state index contributed by atoms with van der Waals surface area (Å²) in [5, 5.41) is 7.75. The number of carbonyl (C=O) groups excluding carboxylic acids is 3. The fraction of sp³-hybridized carbons (Fsp3) is 0.343. The van der Waals surface area contributed by atoms with Gasteiger partial charge in [-0.25, -0.2) is 23.6 Å². The van der Waals surface area contributed by atoms with Crippen molar-refractivity contribution in [2.24, 2.45) is 0 Å². The number of methoxy groups -OCH3 is 3. The van der Waals surface area contributed by atoms with Crippen molar-refractivity contribution in [3.63, 3.8) is 0 Å². The molecule has 1 aliphatic rings. The van der Waals surface area contributed by atoms with Gasteiger partial charge in [0, 0.05) is 29.9 Å². The van der Waals surface area contributed by atoms with E-state index < -0.39 is 35.6 Å². The number of benzene rings is 3. The van der Waals surface area contributed by atoms with E-state index in [2.05, 4.69) is 15.4 Å². The zero-order valence-corrected chi connectivity index (χ0v) is 29.6. The first-order valence-electron chi connectivity index (χ1n) is 16.2. The molecule has 1 aliphatic heterocycles. The van der Waals surface area contributed by atoms with Gasteiger partial charge >= 0.3 is 12.1 Å². The maximum absolute atomic E-state index is 14.4. The highest BCUT2D eigenvalue weighted by atomic mass is 35.5. The van der Waals surface area contributed by atoms with Crippen LogP contribution >= 0.6 is 11.6 Å². The summed E-state index contributed by atoms with van der Waals surface area (Å²) in [7, 11) is 4.19. The third kappa shape index (κ3) is 7.93. The Morgan fingerprint density at radius 2 is 1.69 bits per heavy atom. The Bertz CT molecular complexity index is 1970. The summed E-state index contributed by atoms with van der Waals surface area (Å²) in [6.07, 6.45) is -0.351. The van der Waals surface area contributed by atoms with Gasteiger partial charge in [-0.15, -0.1) is 0 Å². The largest absolute Gasteiger partial charge is 0.497 e. The average Bonchev–Trinajstić information content (AvgIpc) is 3.14. The molecule has 2 heterocycles. The van der Waals surface area contributed by atoms with E-state index >= 15 is 0 Å². The predicted molar refractivity (Wildman–Crippen MR) is 191 cm³/mol. The molecule has 0 radical (unpaired) electrons. The highest BCUT2D eigenvalue weighted by Gasteiger charge is 2.34. The van der Waals surface area contributed by atoms with Gasteiger partial charge in [0.2, 0.25) is 5.91 Å². The van der Waals surface area contributed by atoms with Crippen molar-refractivity contribution in [2.45, 2.75) is 32.4 Å². The Kier molecular flexibility index (Phi) is 11.5. The molecule has 2 N–H and O–H groups in total. The minimum absolute atomic E-state index is 0.209. The second-order valence-corrected chi connectivity index (χ2v) is 12.1. The zero-order valence-electron chi connectivity index (χ0n) is 28.8. The zero-order chi connectivity index (χ0) is 36.8. The molecule has 0 spiro atoms. The highest BCUT2D eigenvalue weighted by Crippen LogP contribution is 2.37. The van der Waals surface area contributed by atoms with Crippen LogP contribution in [-0.4, -0.2) is 86.1 Å². The van der Waals surface area contributed by atoms with Gasteiger partial charge in [-0.3, -0.25) is 14.5 Å². The van der Waals surface area contributed by atoms with Crippen molar-refractivity contribution >= 4 is 51.9 Å². The molecule has 0 bridgehead atoms. The molecule has 2 atom stereocenters. The Hall–Kier alpha value is -5.57. The molecule has 4 aromatic rings. The number of fused-ring (bicyclic) bond motifs is 1. The van der Waals surface area contributed by atoms with E-state index in [0.717, 1.165) is 0 Å². The molecule has 0 saturated carbocycles. The maximum Gasteiger partial charge on any atom is 0.407 e. The summed E-state index contributed by atoms with van der Waals surface area (Å²) in [6, 6.07) is 12.7. The number of alkyl carbamates (subject to hydrolysis) is 1. The number of nitrogens with zero attached hydrogens (tertiary/aromatic N) is 5. The molecule has 1 fully saturated rings. The van der Waals surface area contributed by atoms with E-state index in [9.17, 15) is 23.6 Å². The minimum Gasteiger partial charge on any atom is -0.497 e. The first-order valence-corrected chi connectivity index (χ1v) is 16.6. The maximum atomic E-state index is 14.4. The molecule has 5 rings (SSSR count). The molecular weight excluding hydrogens is 685 g/mol. The van der Waals surface area contributed by atoms with Gasteiger partial charge in [-0.2, -0.15) is 0 Å². The first kappa shape index (κ1) is 36.7.